The molecule has 19 heavy (non-hydrogen) atoms. The zero-order chi connectivity index (χ0) is 13.7. The molecule has 3 unspecified atom stereocenters. The molecule has 2 fully saturated rings. The van der Waals surface area contributed by atoms with Crippen molar-refractivity contribution < 1.29 is 4.74 Å². The van der Waals surface area contributed by atoms with Crippen LogP contribution in [0.25, 0.3) is 0 Å². The Morgan fingerprint density at radius 3 is 2.68 bits per heavy atom. The molecule has 1 N–H and O–H groups in total. The highest BCUT2D eigenvalue weighted by Crippen LogP contribution is 2.37. The predicted molar refractivity (Wildman–Crippen MR) is 80.5 cm³/mol. The summed E-state index contributed by atoms with van der Waals surface area (Å²) in [5.74, 6) is 0.955. The van der Waals surface area contributed by atoms with Gasteiger partial charge >= 0.3 is 0 Å². The summed E-state index contributed by atoms with van der Waals surface area (Å²) in [5, 5.41) is 3.65. The average Bonchev–Trinajstić information content (AvgIpc) is 3.24. The lowest BCUT2D eigenvalue weighted by molar-refractivity contribution is 0.0581. The van der Waals surface area contributed by atoms with Crippen LogP contribution in [0.3, 0.4) is 0 Å². The maximum absolute atomic E-state index is 5.33. The summed E-state index contributed by atoms with van der Waals surface area (Å²) >= 11 is 0. The number of rotatable bonds is 8. The van der Waals surface area contributed by atoms with E-state index in [2.05, 4.69) is 24.1 Å². The summed E-state index contributed by atoms with van der Waals surface area (Å²) in [5.41, 5.74) is 0. The second kappa shape index (κ2) is 7.61. The van der Waals surface area contributed by atoms with Crippen LogP contribution in [0.15, 0.2) is 0 Å². The minimum absolute atomic E-state index is 0.736. The van der Waals surface area contributed by atoms with Gasteiger partial charge in [-0.15, -0.1) is 0 Å². The van der Waals surface area contributed by atoms with Crippen molar-refractivity contribution in [3.05, 3.63) is 0 Å². The number of nitrogens with zero attached hydrogens (tertiary/aromatic N) is 1. The minimum Gasteiger partial charge on any atom is -0.383 e. The molecular weight excluding hydrogens is 236 g/mol. The fourth-order valence-corrected chi connectivity index (χ4v) is 3.70. The molecule has 0 aromatic rings. The van der Waals surface area contributed by atoms with E-state index in [1.807, 2.05) is 7.11 Å². The van der Waals surface area contributed by atoms with Gasteiger partial charge in [0.2, 0.25) is 0 Å². The first-order valence-corrected chi connectivity index (χ1v) is 8.24. The van der Waals surface area contributed by atoms with Gasteiger partial charge in [0.25, 0.3) is 0 Å². The lowest BCUT2D eigenvalue weighted by Crippen LogP contribution is -2.49. The third-order valence-electron chi connectivity index (χ3n) is 4.99. The average molecular weight is 268 g/mol. The van der Waals surface area contributed by atoms with Gasteiger partial charge in [-0.05, 0) is 51.5 Å². The molecular formula is C16H32N2O. The molecule has 0 heterocycles. The maximum Gasteiger partial charge on any atom is 0.0589 e. The van der Waals surface area contributed by atoms with Crippen LogP contribution >= 0.6 is 0 Å². The van der Waals surface area contributed by atoms with Gasteiger partial charge in [-0.3, -0.25) is 4.90 Å². The van der Waals surface area contributed by atoms with Gasteiger partial charge in [0, 0.05) is 31.8 Å². The molecule has 3 nitrogen and oxygen atoms in total. The molecule has 0 aliphatic heterocycles. The Labute approximate surface area is 119 Å². The van der Waals surface area contributed by atoms with Crippen molar-refractivity contribution in [2.24, 2.45) is 5.92 Å². The van der Waals surface area contributed by atoms with Crippen molar-refractivity contribution in [2.75, 3.05) is 26.8 Å². The van der Waals surface area contributed by atoms with Crippen LogP contribution < -0.4 is 5.32 Å². The quantitative estimate of drug-likeness (QED) is 0.732. The molecule has 0 saturated heterocycles. The van der Waals surface area contributed by atoms with Crippen molar-refractivity contribution in [1.82, 2.24) is 10.2 Å². The van der Waals surface area contributed by atoms with E-state index in [-0.39, 0.29) is 0 Å². The topological polar surface area (TPSA) is 24.5 Å². The van der Waals surface area contributed by atoms with Crippen molar-refractivity contribution in [2.45, 2.75) is 70.5 Å². The van der Waals surface area contributed by atoms with Crippen LogP contribution in [0.5, 0.6) is 0 Å². The Bertz CT molecular complexity index is 253. The highest BCUT2D eigenvalue weighted by molar-refractivity contribution is 4.91. The first-order valence-electron chi connectivity index (χ1n) is 8.24. The minimum atomic E-state index is 0.736. The van der Waals surface area contributed by atoms with E-state index in [1.165, 1.54) is 38.5 Å². The molecule has 2 saturated carbocycles. The lowest BCUT2D eigenvalue weighted by atomic mass is 9.88. The number of methoxy groups -OCH3 is 1. The number of hydrogen-bond donors (Lipinski definition) is 1. The summed E-state index contributed by atoms with van der Waals surface area (Å²) in [6.45, 7) is 7.74. The van der Waals surface area contributed by atoms with E-state index in [1.54, 1.807) is 0 Å². The number of ether oxygens (including phenoxy) is 1. The molecule has 0 spiro atoms. The molecule has 0 radical (unpaired) electrons. The second-order valence-corrected chi connectivity index (χ2v) is 6.38. The smallest absolute Gasteiger partial charge is 0.0589 e. The van der Waals surface area contributed by atoms with E-state index >= 15 is 0 Å². The van der Waals surface area contributed by atoms with Crippen molar-refractivity contribution in [3.8, 4) is 0 Å². The zero-order valence-corrected chi connectivity index (χ0v) is 13.0. The van der Waals surface area contributed by atoms with Gasteiger partial charge in [0.1, 0.15) is 0 Å². The lowest BCUT2D eigenvalue weighted by Gasteiger charge is -2.41. The Hall–Kier alpha value is -0.120. The van der Waals surface area contributed by atoms with E-state index in [9.17, 15) is 0 Å². The Balaban J connectivity index is 1.91. The van der Waals surface area contributed by atoms with Gasteiger partial charge in [0.15, 0.2) is 0 Å². The summed E-state index contributed by atoms with van der Waals surface area (Å²) in [4.78, 5) is 2.75. The van der Waals surface area contributed by atoms with Crippen LogP contribution in [0.4, 0.5) is 0 Å². The van der Waals surface area contributed by atoms with Crippen molar-refractivity contribution in [3.63, 3.8) is 0 Å². The van der Waals surface area contributed by atoms with E-state index in [4.69, 9.17) is 4.74 Å². The Kier molecular flexibility index (Phi) is 6.11. The SMILES string of the molecule is CCNC1CCCC(N(CCOC)C(C)C2CC2)C1. The second-order valence-electron chi connectivity index (χ2n) is 6.38. The number of hydrogen-bond acceptors (Lipinski definition) is 3. The van der Waals surface area contributed by atoms with Gasteiger partial charge in [-0.25, -0.2) is 0 Å². The molecule has 2 aliphatic rings. The molecule has 112 valence electrons. The Morgan fingerprint density at radius 1 is 1.26 bits per heavy atom. The molecule has 2 aliphatic carbocycles. The molecule has 3 atom stereocenters. The zero-order valence-electron chi connectivity index (χ0n) is 13.0. The van der Waals surface area contributed by atoms with E-state index < -0.39 is 0 Å². The van der Waals surface area contributed by atoms with Crippen LogP contribution in [-0.2, 0) is 4.74 Å². The highest BCUT2D eigenvalue weighted by Gasteiger charge is 2.36. The van der Waals surface area contributed by atoms with Gasteiger partial charge in [-0.1, -0.05) is 13.3 Å². The van der Waals surface area contributed by atoms with Gasteiger partial charge in [0.05, 0.1) is 6.61 Å². The molecule has 0 aromatic heterocycles. The van der Waals surface area contributed by atoms with E-state index in [0.717, 1.165) is 43.7 Å². The number of nitrogens with one attached hydrogen (secondary N) is 1. The van der Waals surface area contributed by atoms with Crippen molar-refractivity contribution >= 4 is 0 Å². The molecule has 0 amide bonds. The Morgan fingerprint density at radius 2 is 2.05 bits per heavy atom. The summed E-state index contributed by atoms with van der Waals surface area (Å²) < 4.78 is 5.33. The van der Waals surface area contributed by atoms with Crippen molar-refractivity contribution in [1.29, 1.82) is 0 Å². The van der Waals surface area contributed by atoms with Gasteiger partial charge < -0.3 is 10.1 Å². The first-order chi connectivity index (χ1) is 9.26. The monoisotopic (exact) mass is 268 g/mol. The fourth-order valence-electron chi connectivity index (χ4n) is 3.70. The largest absolute Gasteiger partial charge is 0.383 e. The van der Waals surface area contributed by atoms with E-state index in [0.29, 0.717) is 0 Å². The van der Waals surface area contributed by atoms with Crippen LogP contribution in [0, 0.1) is 5.92 Å². The normalized spacial score (nSPS) is 29.7. The summed E-state index contributed by atoms with van der Waals surface area (Å²) in [7, 11) is 1.82. The fraction of sp³-hybridized carbons (Fsp3) is 1.00. The van der Waals surface area contributed by atoms with Gasteiger partial charge in [-0.2, -0.15) is 0 Å². The highest BCUT2D eigenvalue weighted by atomic mass is 16.5. The third-order valence-corrected chi connectivity index (χ3v) is 4.99. The molecule has 2 rings (SSSR count). The first kappa shape index (κ1) is 15.3. The predicted octanol–water partition coefficient (Wildman–Crippen LogP) is 2.65. The maximum atomic E-state index is 5.33. The van der Waals surface area contributed by atoms with Crippen LogP contribution in [-0.4, -0.2) is 49.8 Å². The standard InChI is InChI=1S/C16H32N2O/c1-4-17-15-6-5-7-16(12-15)18(10-11-19-3)13(2)14-8-9-14/h13-17H,4-12H2,1-3H3. The molecule has 0 bridgehead atoms. The third kappa shape index (κ3) is 4.44. The molecule has 0 aromatic carbocycles. The van der Waals surface area contributed by atoms with Crippen LogP contribution in [0.2, 0.25) is 0 Å². The summed E-state index contributed by atoms with van der Waals surface area (Å²) in [6, 6.07) is 2.25. The summed E-state index contributed by atoms with van der Waals surface area (Å²) in [6.07, 6.45) is 8.32. The van der Waals surface area contributed by atoms with Crippen LogP contribution in [0.1, 0.15) is 52.4 Å². The molecule has 3 heteroatoms.